The van der Waals surface area contributed by atoms with Gasteiger partial charge in [-0.25, -0.2) is 9.97 Å². The lowest BCUT2D eigenvalue weighted by molar-refractivity contribution is -0.0479. The summed E-state index contributed by atoms with van der Waals surface area (Å²) in [4.78, 5) is 32.9. The standard InChI is InChI=1S/C22H25N7O4/c1-32-18-13-33-8-5-17(18)28-21(30)15-4-2-3-14(9-15)11-29-12-16(10-26-29)27-22(31)19-20(23)25-7-6-24-19/h2-4,6-7,9-10,12,17-18H,5,8,11,13H2,1H3,(H2,23,25)(H,27,31)(H,28,30)/t17-,18+/m1/s1. The number of hydrogen-bond donors (Lipinski definition) is 3. The Morgan fingerprint density at radius 3 is 2.94 bits per heavy atom. The highest BCUT2D eigenvalue weighted by molar-refractivity contribution is 6.05. The van der Waals surface area contributed by atoms with E-state index < -0.39 is 5.91 Å². The number of methoxy groups -OCH3 is 1. The molecule has 172 valence electrons. The summed E-state index contributed by atoms with van der Waals surface area (Å²) in [5, 5.41) is 10.0. The van der Waals surface area contributed by atoms with Gasteiger partial charge in [-0.3, -0.25) is 14.3 Å². The second-order valence-corrected chi connectivity index (χ2v) is 7.59. The number of aromatic nitrogens is 4. The smallest absolute Gasteiger partial charge is 0.278 e. The predicted octanol–water partition coefficient (Wildman–Crippen LogP) is 1.09. The van der Waals surface area contributed by atoms with Crippen LogP contribution in [0.3, 0.4) is 0 Å². The highest BCUT2D eigenvalue weighted by atomic mass is 16.5. The van der Waals surface area contributed by atoms with Crippen LogP contribution >= 0.6 is 0 Å². The van der Waals surface area contributed by atoms with E-state index in [4.69, 9.17) is 15.2 Å². The first kappa shape index (κ1) is 22.4. The molecular formula is C22H25N7O4. The molecule has 0 radical (unpaired) electrons. The average Bonchev–Trinajstić information content (AvgIpc) is 3.26. The minimum Gasteiger partial charge on any atom is -0.382 e. The Balaban J connectivity index is 1.38. The highest BCUT2D eigenvalue weighted by Crippen LogP contribution is 2.14. The Hall–Kier alpha value is -3.83. The fourth-order valence-electron chi connectivity index (χ4n) is 3.59. The number of rotatable bonds is 7. The molecule has 4 N–H and O–H groups in total. The number of nitrogens with one attached hydrogen (secondary N) is 2. The van der Waals surface area contributed by atoms with Crippen LogP contribution in [0.25, 0.3) is 0 Å². The number of nitrogens with zero attached hydrogens (tertiary/aromatic N) is 4. The van der Waals surface area contributed by atoms with Crippen molar-refractivity contribution in [3.63, 3.8) is 0 Å². The number of amides is 2. The van der Waals surface area contributed by atoms with Gasteiger partial charge >= 0.3 is 0 Å². The molecule has 1 saturated heterocycles. The summed E-state index contributed by atoms with van der Waals surface area (Å²) >= 11 is 0. The molecule has 1 aliphatic heterocycles. The van der Waals surface area contributed by atoms with Gasteiger partial charge in [-0.1, -0.05) is 12.1 Å². The highest BCUT2D eigenvalue weighted by Gasteiger charge is 2.27. The van der Waals surface area contributed by atoms with E-state index in [1.165, 1.54) is 18.6 Å². The van der Waals surface area contributed by atoms with Crippen molar-refractivity contribution >= 4 is 23.3 Å². The Kier molecular flexibility index (Phi) is 6.91. The number of carbonyl (C=O) groups is 2. The zero-order valence-corrected chi connectivity index (χ0v) is 18.1. The molecule has 0 bridgehead atoms. The van der Waals surface area contributed by atoms with Crippen LogP contribution in [0.15, 0.2) is 49.1 Å². The molecule has 2 aromatic heterocycles. The molecule has 3 heterocycles. The molecule has 0 unspecified atom stereocenters. The number of nitrogens with two attached hydrogens (primary N) is 1. The number of carbonyl (C=O) groups excluding carboxylic acids is 2. The quantitative estimate of drug-likeness (QED) is 0.484. The minimum absolute atomic E-state index is 0.0456. The predicted molar refractivity (Wildman–Crippen MR) is 120 cm³/mol. The summed E-state index contributed by atoms with van der Waals surface area (Å²) in [6, 6.07) is 7.21. The number of ether oxygens (including phenoxy) is 2. The van der Waals surface area contributed by atoms with Gasteiger partial charge in [0.25, 0.3) is 11.8 Å². The van der Waals surface area contributed by atoms with E-state index >= 15 is 0 Å². The van der Waals surface area contributed by atoms with Crippen LogP contribution in [0, 0.1) is 0 Å². The van der Waals surface area contributed by atoms with Crippen LogP contribution in [0.5, 0.6) is 0 Å². The van der Waals surface area contributed by atoms with Crippen molar-refractivity contribution in [1.29, 1.82) is 0 Å². The van der Waals surface area contributed by atoms with Crippen molar-refractivity contribution in [3.8, 4) is 0 Å². The molecule has 11 heteroatoms. The van der Waals surface area contributed by atoms with Crippen LogP contribution < -0.4 is 16.4 Å². The molecule has 0 spiro atoms. The summed E-state index contributed by atoms with van der Waals surface area (Å²) in [5.41, 5.74) is 7.66. The molecule has 4 rings (SSSR count). The molecular weight excluding hydrogens is 426 g/mol. The maximum atomic E-state index is 12.8. The molecule has 1 fully saturated rings. The van der Waals surface area contributed by atoms with E-state index in [0.717, 1.165) is 5.56 Å². The third kappa shape index (κ3) is 5.51. The largest absolute Gasteiger partial charge is 0.382 e. The lowest BCUT2D eigenvalue weighted by Gasteiger charge is -2.31. The van der Waals surface area contributed by atoms with Gasteiger partial charge in [-0.15, -0.1) is 0 Å². The van der Waals surface area contributed by atoms with Gasteiger partial charge in [-0.05, 0) is 24.1 Å². The lowest BCUT2D eigenvalue weighted by atomic mass is 10.0. The zero-order chi connectivity index (χ0) is 23.2. The van der Waals surface area contributed by atoms with Gasteiger partial charge in [0.2, 0.25) is 0 Å². The van der Waals surface area contributed by atoms with Gasteiger partial charge < -0.3 is 25.8 Å². The Labute approximate surface area is 190 Å². The topological polar surface area (TPSA) is 146 Å². The van der Waals surface area contributed by atoms with Crippen LogP contribution in [0.4, 0.5) is 11.5 Å². The Bertz CT molecular complexity index is 1130. The number of anilines is 2. The third-order valence-corrected chi connectivity index (χ3v) is 5.29. The van der Waals surface area contributed by atoms with Gasteiger partial charge in [0.15, 0.2) is 11.5 Å². The summed E-state index contributed by atoms with van der Waals surface area (Å²) < 4.78 is 12.5. The van der Waals surface area contributed by atoms with Crippen LogP contribution in [-0.2, 0) is 16.0 Å². The number of benzene rings is 1. The maximum Gasteiger partial charge on any atom is 0.278 e. The molecule has 11 nitrogen and oxygen atoms in total. The molecule has 0 saturated carbocycles. The molecule has 1 aliphatic rings. The van der Waals surface area contributed by atoms with Crippen molar-refractivity contribution in [1.82, 2.24) is 25.1 Å². The second-order valence-electron chi connectivity index (χ2n) is 7.59. The normalized spacial score (nSPS) is 18.0. The number of nitrogen functional groups attached to an aromatic ring is 1. The Morgan fingerprint density at radius 2 is 2.12 bits per heavy atom. The number of hydrogen-bond acceptors (Lipinski definition) is 8. The monoisotopic (exact) mass is 451 g/mol. The van der Waals surface area contributed by atoms with Crippen molar-refractivity contribution < 1.29 is 19.1 Å². The summed E-state index contributed by atoms with van der Waals surface area (Å²) in [6.45, 7) is 1.47. The van der Waals surface area contributed by atoms with E-state index in [1.807, 2.05) is 18.2 Å². The molecule has 1 aromatic carbocycles. The summed E-state index contributed by atoms with van der Waals surface area (Å²) in [6.07, 6.45) is 6.56. The summed E-state index contributed by atoms with van der Waals surface area (Å²) in [7, 11) is 1.61. The van der Waals surface area contributed by atoms with E-state index in [-0.39, 0.29) is 29.6 Å². The van der Waals surface area contributed by atoms with E-state index in [9.17, 15) is 9.59 Å². The fourth-order valence-corrected chi connectivity index (χ4v) is 3.59. The lowest BCUT2D eigenvalue weighted by Crippen LogP contribution is -2.49. The van der Waals surface area contributed by atoms with E-state index in [1.54, 1.807) is 24.1 Å². The van der Waals surface area contributed by atoms with Crippen LogP contribution in [0.1, 0.15) is 32.8 Å². The first-order valence-electron chi connectivity index (χ1n) is 10.4. The molecule has 33 heavy (non-hydrogen) atoms. The second kappa shape index (κ2) is 10.2. The molecule has 0 aliphatic carbocycles. The molecule has 2 atom stereocenters. The van der Waals surface area contributed by atoms with Crippen molar-refractivity contribution in [2.24, 2.45) is 0 Å². The van der Waals surface area contributed by atoms with Crippen molar-refractivity contribution in [2.45, 2.75) is 25.1 Å². The molecule has 2 amide bonds. The minimum atomic E-state index is -0.471. The van der Waals surface area contributed by atoms with Gasteiger partial charge in [0.1, 0.15) is 6.10 Å². The van der Waals surface area contributed by atoms with E-state index in [0.29, 0.717) is 37.4 Å². The van der Waals surface area contributed by atoms with Crippen LogP contribution in [0.2, 0.25) is 0 Å². The average molecular weight is 451 g/mol. The van der Waals surface area contributed by atoms with Gasteiger partial charge in [0, 0.05) is 37.9 Å². The first-order chi connectivity index (χ1) is 16.0. The SMILES string of the molecule is CO[C@H]1COCC[C@H]1NC(=O)c1cccc(Cn2cc(NC(=O)c3nccnc3N)cn2)c1. The van der Waals surface area contributed by atoms with E-state index in [2.05, 4.69) is 25.7 Å². The zero-order valence-electron chi connectivity index (χ0n) is 18.1. The van der Waals surface area contributed by atoms with Gasteiger partial charge in [0.05, 0.1) is 31.1 Å². The van der Waals surface area contributed by atoms with Crippen LogP contribution in [-0.4, -0.2) is 64.0 Å². The maximum absolute atomic E-state index is 12.8. The fraction of sp³-hybridized carbons (Fsp3) is 0.318. The summed E-state index contributed by atoms with van der Waals surface area (Å²) in [5.74, 6) is -0.586. The Morgan fingerprint density at radius 1 is 1.27 bits per heavy atom. The van der Waals surface area contributed by atoms with Crippen molar-refractivity contribution in [2.75, 3.05) is 31.4 Å². The first-order valence-corrected chi connectivity index (χ1v) is 10.4. The van der Waals surface area contributed by atoms with Crippen molar-refractivity contribution in [3.05, 3.63) is 65.9 Å². The molecule has 3 aromatic rings. The van der Waals surface area contributed by atoms with Gasteiger partial charge in [-0.2, -0.15) is 5.10 Å². The third-order valence-electron chi connectivity index (χ3n) is 5.29.